The number of benzene rings is 2. The maximum Gasteiger partial charge on any atom is 0.0933 e. The molecule has 0 unspecified atom stereocenters. The summed E-state index contributed by atoms with van der Waals surface area (Å²) in [6.07, 6.45) is 3.48. The Balaban J connectivity index is 1.98. The first-order chi connectivity index (χ1) is 10.7. The van der Waals surface area contributed by atoms with Crippen LogP contribution in [0, 0.1) is 13.8 Å². The Morgan fingerprint density at radius 3 is 2.55 bits per heavy atom. The van der Waals surface area contributed by atoms with Gasteiger partial charge in [0.15, 0.2) is 0 Å². The molecule has 0 amide bonds. The molecule has 0 bridgehead atoms. The predicted molar refractivity (Wildman–Crippen MR) is 90.5 cm³/mol. The molecule has 1 aliphatic carbocycles. The molecule has 110 valence electrons. The van der Waals surface area contributed by atoms with Gasteiger partial charge in [-0.05, 0) is 61.4 Å². The lowest BCUT2D eigenvalue weighted by atomic mass is 9.89. The van der Waals surface area contributed by atoms with Gasteiger partial charge in [-0.2, -0.15) is 10.2 Å². The molecule has 1 saturated carbocycles. The zero-order valence-corrected chi connectivity index (χ0v) is 13.1. The standard InChI is InChI=1S/C20H20N2/c1-13-6-9-15(10-7-13)20-16-4-3-5-18(16)21-22-19-12-14(2)8-11-17(19)20/h6-12,18H,3-5H2,1-2H3/t18-/m1/s1. The minimum absolute atomic E-state index is 0.268. The fourth-order valence-electron chi connectivity index (χ4n) is 3.55. The topological polar surface area (TPSA) is 24.7 Å². The number of aryl methyl sites for hydroxylation is 2. The third-order valence-electron chi connectivity index (χ3n) is 4.71. The summed E-state index contributed by atoms with van der Waals surface area (Å²) >= 11 is 0. The van der Waals surface area contributed by atoms with E-state index in [1.807, 2.05) is 0 Å². The van der Waals surface area contributed by atoms with Gasteiger partial charge in [0.1, 0.15) is 0 Å². The number of nitrogens with zero attached hydrogens (tertiary/aromatic N) is 2. The van der Waals surface area contributed by atoms with Crippen molar-refractivity contribution >= 4 is 11.3 Å². The summed E-state index contributed by atoms with van der Waals surface area (Å²) in [6, 6.07) is 15.7. The Labute approximate surface area is 131 Å². The highest BCUT2D eigenvalue weighted by Gasteiger charge is 2.28. The normalized spacial score (nSPS) is 19.8. The third kappa shape index (κ3) is 2.19. The number of fused-ring (bicyclic) bond motifs is 2. The molecule has 0 N–H and O–H groups in total. The van der Waals surface area contributed by atoms with Gasteiger partial charge in [-0.3, -0.25) is 0 Å². The summed E-state index contributed by atoms with van der Waals surface area (Å²) in [7, 11) is 0. The van der Waals surface area contributed by atoms with Crippen LogP contribution in [-0.4, -0.2) is 6.04 Å². The van der Waals surface area contributed by atoms with E-state index in [1.54, 1.807) is 0 Å². The largest absolute Gasteiger partial charge is 0.181 e. The molecule has 22 heavy (non-hydrogen) atoms. The van der Waals surface area contributed by atoms with Crippen LogP contribution in [0.4, 0.5) is 5.69 Å². The minimum atomic E-state index is 0.268. The van der Waals surface area contributed by atoms with Gasteiger partial charge in [0, 0.05) is 5.56 Å². The van der Waals surface area contributed by atoms with Crippen LogP contribution in [0.3, 0.4) is 0 Å². The van der Waals surface area contributed by atoms with E-state index in [-0.39, 0.29) is 6.04 Å². The van der Waals surface area contributed by atoms with Crippen molar-refractivity contribution in [3.05, 3.63) is 70.3 Å². The third-order valence-corrected chi connectivity index (χ3v) is 4.71. The van der Waals surface area contributed by atoms with Crippen molar-refractivity contribution < 1.29 is 0 Å². The van der Waals surface area contributed by atoms with Crippen molar-refractivity contribution in [2.75, 3.05) is 0 Å². The second kappa shape index (κ2) is 5.20. The first-order valence-electron chi connectivity index (χ1n) is 8.04. The molecule has 0 aromatic heterocycles. The van der Waals surface area contributed by atoms with Gasteiger partial charge < -0.3 is 0 Å². The SMILES string of the molecule is Cc1ccc(C2=C3CCC[C@H]3N=Nc3cc(C)ccc32)cc1. The molecule has 1 aliphatic heterocycles. The van der Waals surface area contributed by atoms with E-state index in [0.29, 0.717) is 0 Å². The molecule has 2 aromatic rings. The lowest BCUT2D eigenvalue weighted by Gasteiger charge is -2.15. The molecule has 2 aliphatic rings. The molecule has 0 saturated heterocycles. The van der Waals surface area contributed by atoms with Crippen molar-refractivity contribution in [2.24, 2.45) is 10.2 Å². The molecule has 0 radical (unpaired) electrons. The number of hydrogen-bond acceptors (Lipinski definition) is 2. The van der Waals surface area contributed by atoms with Crippen LogP contribution in [-0.2, 0) is 0 Å². The zero-order chi connectivity index (χ0) is 15.1. The van der Waals surface area contributed by atoms with Crippen LogP contribution in [0.25, 0.3) is 5.57 Å². The molecule has 1 heterocycles. The van der Waals surface area contributed by atoms with Crippen LogP contribution in [0.2, 0.25) is 0 Å². The second-order valence-corrected chi connectivity index (χ2v) is 6.41. The van der Waals surface area contributed by atoms with E-state index in [2.05, 4.69) is 66.5 Å². The van der Waals surface area contributed by atoms with Gasteiger partial charge in [0.2, 0.25) is 0 Å². The smallest absolute Gasteiger partial charge is 0.0933 e. The van der Waals surface area contributed by atoms with E-state index < -0.39 is 0 Å². The molecule has 0 spiro atoms. The first-order valence-corrected chi connectivity index (χ1v) is 8.04. The second-order valence-electron chi connectivity index (χ2n) is 6.41. The van der Waals surface area contributed by atoms with Crippen LogP contribution < -0.4 is 0 Å². The Kier molecular flexibility index (Phi) is 3.18. The zero-order valence-electron chi connectivity index (χ0n) is 13.1. The summed E-state index contributed by atoms with van der Waals surface area (Å²) in [5.41, 5.74) is 8.90. The van der Waals surface area contributed by atoms with Crippen molar-refractivity contribution in [1.29, 1.82) is 0 Å². The Bertz CT molecular complexity index is 782. The van der Waals surface area contributed by atoms with Crippen molar-refractivity contribution in [2.45, 2.75) is 39.2 Å². The Morgan fingerprint density at radius 1 is 0.955 bits per heavy atom. The maximum absolute atomic E-state index is 4.63. The lowest BCUT2D eigenvalue weighted by molar-refractivity contribution is 0.740. The summed E-state index contributed by atoms with van der Waals surface area (Å²) in [5.74, 6) is 0. The van der Waals surface area contributed by atoms with Crippen molar-refractivity contribution in [1.82, 2.24) is 0 Å². The monoisotopic (exact) mass is 288 g/mol. The van der Waals surface area contributed by atoms with Gasteiger partial charge in [0.05, 0.1) is 11.7 Å². The van der Waals surface area contributed by atoms with Gasteiger partial charge in [0.25, 0.3) is 0 Å². The average Bonchev–Trinajstić information content (AvgIpc) is 2.92. The number of azo groups is 1. The summed E-state index contributed by atoms with van der Waals surface area (Å²) in [5, 5.41) is 9.19. The van der Waals surface area contributed by atoms with Gasteiger partial charge in [-0.1, -0.05) is 42.0 Å². The van der Waals surface area contributed by atoms with E-state index in [1.165, 1.54) is 39.8 Å². The van der Waals surface area contributed by atoms with Crippen LogP contribution in [0.5, 0.6) is 0 Å². The molecule has 1 atom stereocenters. The number of rotatable bonds is 1. The molecular weight excluding hydrogens is 268 g/mol. The van der Waals surface area contributed by atoms with E-state index in [9.17, 15) is 0 Å². The molecule has 2 aromatic carbocycles. The van der Waals surface area contributed by atoms with E-state index in [0.717, 1.165) is 18.5 Å². The molecule has 2 nitrogen and oxygen atoms in total. The first kappa shape index (κ1) is 13.4. The van der Waals surface area contributed by atoms with Crippen LogP contribution in [0.1, 0.15) is 41.5 Å². The molecule has 4 rings (SSSR count). The summed E-state index contributed by atoms with van der Waals surface area (Å²) in [6.45, 7) is 4.25. The maximum atomic E-state index is 4.63. The summed E-state index contributed by atoms with van der Waals surface area (Å²) in [4.78, 5) is 0. The number of hydrogen-bond donors (Lipinski definition) is 0. The molecule has 2 heteroatoms. The average molecular weight is 288 g/mol. The summed E-state index contributed by atoms with van der Waals surface area (Å²) < 4.78 is 0. The van der Waals surface area contributed by atoms with Gasteiger partial charge in [-0.15, -0.1) is 0 Å². The van der Waals surface area contributed by atoms with Gasteiger partial charge in [-0.25, -0.2) is 0 Å². The highest BCUT2D eigenvalue weighted by atomic mass is 15.1. The quantitative estimate of drug-likeness (QED) is 0.638. The lowest BCUT2D eigenvalue weighted by Crippen LogP contribution is -2.02. The van der Waals surface area contributed by atoms with Gasteiger partial charge >= 0.3 is 0 Å². The minimum Gasteiger partial charge on any atom is -0.181 e. The fraction of sp³-hybridized carbons (Fsp3) is 0.300. The van der Waals surface area contributed by atoms with Crippen molar-refractivity contribution in [3.63, 3.8) is 0 Å². The molecule has 1 fully saturated rings. The van der Waals surface area contributed by atoms with Crippen LogP contribution >= 0.6 is 0 Å². The fourth-order valence-corrected chi connectivity index (χ4v) is 3.55. The molecular formula is C20H20N2. The van der Waals surface area contributed by atoms with E-state index >= 15 is 0 Å². The van der Waals surface area contributed by atoms with Crippen LogP contribution in [0.15, 0.2) is 58.3 Å². The Morgan fingerprint density at radius 2 is 1.73 bits per heavy atom. The predicted octanol–water partition coefficient (Wildman–Crippen LogP) is 5.76. The Hall–Kier alpha value is -2.22. The highest BCUT2D eigenvalue weighted by Crippen LogP contribution is 2.43. The van der Waals surface area contributed by atoms with Crippen molar-refractivity contribution in [3.8, 4) is 0 Å². The highest BCUT2D eigenvalue weighted by molar-refractivity contribution is 5.88. The van der Waals surface area contributed by atoms with E-state index in [4.69, 9.17) is 0 Å².